The molecule has 1 heterocycles. The highest BCUT2D eigenvalue weighted by atomic mass is 79.9. The van der Waals surface area contributed by atoms with E-state index in [0.717, 1.165) is 24.0 Å². The maximum absolute atomic E-state index is 3.86. The summed E-state index contributed by atoms with van der Waals surface area (Å²) in [7, 11) is 0. The van der Waals surface area contributed by atoms with E-state index in [9.17, 15) is 0 Å². The van der Waals surface area contributed by atoms with Gasteiger partial charge in [-0.1, -0.05) is 35.2 Å². The standard InChI is InChI=1S/C9H12BrN/c1-3-8-6-11-5-4-9(8)7(2)10/h3,11H,1-2,4-6H2. The first-order chi connectivity index (χ1) is 5.25. The van der Waals surface area contributed by atoms with Crippen molar-refractivity contribution in [2.75, 3.05) is 13.1 Å². The van der Waals surface area contributed by atoms with Crippen LogP contribution in [-0.2, 0) is 0 Å². The molecule has 1 nitrogen and oxygen atoms in total. The average Bonchev–Trinajstić information content (AvgIpc) is 2.04. The van der Waals surface area contributed by atoms with Crippen molar-refractivity contribution in [1.82, 2.24) is 5.32 Å². The summed E-state index contributed by atoms with van der Waals surface area (Å²) in [5.74, 6) is 0. The molecule has 0 fully saturated rings. The maximum Gasteiger partial charge on any atom is 0.0208 e. The number of halogens is 1. The molecule has 0 saturated carbocycles. The molecule has 0 aromatic carbocycles. The zero-order valence-corrected chi connectivity index (χ0v) is 8.08. The van der Waals surface area contributed by atoms with Gasteiger partial charge < -0.3 is 5.32 Å². The van der Waals surface area contributed by atoms with Crippen molar-refractivity contribution in [2.45, 2.75) is 6.42 Å². The molecule has 1 rings (SSSR count). The van der Waals surface area contributed by atoms with Crippen LogP contribution >= 0.6 is 15.9 Å². The Bertz CT molecular complexity index is 216. The molecule has 0 bridgehead atoms. The van der Waals surface area contributed by atoms with E-state index >= 15 is 0 Å². The monoisotopic (exact) mass is 213 g/mol. The van der Waals surface area contributed by atoms with Gasteiger partial charge in [0, 0.05) is 11.0 Å². The Hall–Kier alpha value is -0.340. The van der Waals surface area contributed by atoms with Crippen LogP contribution < -0.4 is 5.32 Å². The summed E-state index contributed by atoms with van der Waals surface area (Å²) in [6.07, 6.45) is 2.94. The van der Waals surface area contributed by atoms with Crippen LogP contribution in [0, 0.1) is 0 Å². The Kier molecular flexibility index (Phi) is 3.09. The van der Waals surface area contributed by atoms with Crippen LogP contribution in [0.15, 0.2) is 34.9 Å². The molecule has 0 unspecified atom stereocenters. The Morgan fingerprint density at radius 2 is 2.36 bits per heavy atom. The van der Waals surface area contributed by atoms with Crippen molar-refractivity contribution in [3.05, 3.63) is 34.9 Å². The Morgan fingerprint density at radius 1 is 1.64 bits per heavy atom. The lowest BCUT2D eigenvalue weighted by Crippen LogP contribution is -2.24. The van der Waals surface area contributed by atoms with Gasteiger partial charge in [-0.3, -0.25) is 0 Å². The zero-order chi connectivity index (χ0) is 8.27. The van der Waals surface area contributed by atoms with Crippen LogP contribution in [0.1, 0.15) is 6.42 Å². The minimum absolute atomic E-state index is 0.920. The number of allylic oxidation sites excluding steroid dienone is 1. The highest BCUT2D eigenvalue weighted by Crippen LogP contribution is 2.24. The second kappa shape index (κ2) is 3.88. The summed E-state index contributed by atoms with van der Waals surface area (Å²) in [4.78, 5) is 0. The molecule has 0 saturated heterocycles. The van der Waals surface area contributed by atoms with Crippen LogP contribution in [0.4, 0.5) is 0 Å². The molecule has 0 radical (unpaired) electrons. The van der Waals surface area contributed by atoms with E-state index in [2.05, 4.69) is 34.4 Å². The minimum atomic E-state index is 0.920. The number of nitrogens with one attached hydrogen (secondary N) is 1. The predicted octanol–water partition coefficient (Wildman–Crippen LogP) is 2.37. The van der Waals surface area contributed by atoms with Crippen LogP contribution in [0.5, 0.6) is 0 Å². The summed E-state index contributed by atoms with van der Waals surface area (Å²) in [5.41, 5.74) is 2.57. The molecule has 1 aliphatic heterocycles. The predicted molar refractivity (Wildman–Crippen MR) is 52.8 cm³/mol. The number of hydrogen-bond donors (Lipinski definition) is 1. The summed E-state index contributed by atoms with van der Waals surface area (Å²) in [6.45, 7) is 9.58. The van der Waals surface area contributed by atoms with Crippen molar-refractivity contribution in [1.29, 1.82) is 0 Å². The van der Waals surface area contributed by atoms with E-state index < -0.39 is 0 Å². The fourth-order valence-electron chi connectivity index (χ4n) is 1.21. The topological polar surface area (TPSA) is 12.0 Å². The van der Waals surface area contributed by atoms with Crippen molar-refractivity contribution in [2.24, 2.45) is 0 Å². The fourth-order valence-corrected chi connectivity index (χ4v) is 1.66. The van der Waals surface area contributed by atoms with Gasteiger partial charge in [0.2, 0.25) is 0 Å². The summed E-state index contributed by atoms with van der Waals surface area (Å²) in [5, 5.41) is 3.28. The summed E-state index contributed by atoms with van der Waals surface area (Å²) in [6, 6.07) is 0. The van der Waals surface area contributed by atoms with Crippen LogP contribution in [-0.4, -0.2) is 13.1 Å². The molecule has 1 N–H and O–H groups in total. The van der Waals surface area contributed by atoms with Gasteiger partial charge in [-0.25, -0.2) is 0 Å². The van der Waals surface area contributed by atoms with Crippen LogP contribution in [0.25, 0.3) is 0 Å². The lowest BCUT2D eigenvalue weighted by molar-refractivity contribution is 0.695. The molecule has 0 aromatic heterocycles. The Balaban J connectivity index is 2.90. The average molecular weight is 214 g/mol. The fraction of sp³-hybridized carbons (Fsp3) is 0.333. The summed E-state index contributed by atoms with van der Waals surface area (Å²) >= 11 is 3.39. The molecular formula is C9H12BrN. The first-order valence-corrected chi connectivity index (χ1v) is 4.45. The molecule has 11 heavy (non-hydrogen) atoms. The lowest BCUT2D eigenvalue weighted by atomic mass is 10.0. The van der Waals surface area contributed by atoms with Gasteiger partial charge in [0.25, 0.3) is 0 Å². The molecule has 0 amide bonds. The van der Waals surface area contributed by atoms with Crippen molar-refractivity contribution in [3.8, 4) is 0 Å². The van der Waals surface area contributed by atoms with E-state index in [1.165, 1.54) is 11.1 Å². The van der Waals surface area contributed by atoms with Gasteiger partial charge in [0.15, 0.2) is 0 Å². The number of rotatable bonds is 2. The Morgan fingerprint density at radius 3 is 2.82 bits per heavy atom. The van der Waals surface area contributed by atoms with E-state index in [1.54, 1.807) is 0 Å². The second-order valence-corrected chi connectivity index (χ2v) is 3.50. The van der Waals surface area contributed by atoms with Gasteiger partial charge >= 0.3 is 0 Å². The summed E-state index contributed by atoms with van der Waals surface area (Å²) < 4.78 is 0.994. The van der Waals surface area contributed by atoms with Crippen molar-refractivity contribution in [3.63, 3.8) is 0 Å². The van der Waals surface area contributed by atoms with Crippen LogP contribution in [0.2, 0.25) is 0 Å². The smallest absolute Gasteiger partial charge is 0.0208 e. The molecule has 0 spiro atoms. The second-order valence-electron chi connectivity index (χ2n) is 2.54. The first kappa shape index (κ1) is 8.75. The molecule has 2 heteroatoms. The molecule has 0 atom stereocenters. The van der Waals surface area contributed by atoms with Crippen molar-refractivity contribution >= 4 is 15.9 Å². The normalized spacial score (nSPS) is 18.3. The third-order valence-corrected chi connectivity index (χ3v) is 2.31. The van der Waals surface area contributed by atoms with E-state index in [4.69, 9.17) is 0 Å². The first-order valence-electron chi connectivity index (χ1n) is 3.65. The zero-order valence-electron chi connectivity index (χ0n) is 6.49. The van der Waals surface area contributed by atoms with Gasteiger partial charge in [-0.2, -0.15) is 0 Å². The quantitative estimate of drug-likeness (QED) is 0.744. The van der Waals surface area contributed by atoms with E-state index in [-0.39, 0.29) is 0 Å². The van der Waals surface area contributed by atoms with Gasteiger partial charge in [0.1, 0.15) is 0 Å². The third kappa shape index (κ3) is 2.04. The third-order valence-electron chi connectivity index (χ3n) is 1.83. The van der Waals surface area contributed by atoms with Crippen molar-refractivity contribution < 1.29 is 0 Å². The molecule has 60 valence electrons. The largest absolute Gasteiger partial charge is 0.312 e. The van der Waals surface area contributed by atoms with Crippen LogP contribution in [0.3, 0.4) is 0 Å². The van der Waals surface area contributed by atoms with Gasteiger partial charge in [-0.05, 0) is 24.1 Å². The molecule has 1 aliphatic rings. The maximum atomic E-state index is 3.86. The van der Waals surface area contributed by atoms with E-state index in [0.29, 0.717) is 0 Å². The van der Waals surface area contributed by atoms with Gasteiger partial charge in [0.05, 0.1) is 0 Å². The highest BCUT2D eigenvalue weighted by Gasteiger charge is 2.10. The SMILES string of the molecule is C=CC1=C(C(=C)Br)CCNC1. The molecular weight excluding hydrogens is 202 g/mol. The number of hydrogen-bond acceptors (Lipinski definition) is 1. The molecule has 0 aromatic rings. The Labute approximate surface area is 76.0 Å². The highest BCUT2D eigenvalue weighted by molar-refractivity contribution is 9.11. The van der Waals surface area contributed by atoms with Gasteiger partial charge in [-0.15, -0.1) is 0 Å². The molecule has 0 aliphatic carbocycles. The minimum Gasteiger partial charge on any atom is -0.312 e. The van der Waals surface area contributed by atoms with E-state index in [1.807, 2.05) is 6.08 Å². The lowest BCUT2D eigenvalue weighted by Gasteiger charge is -2.18.